The highest BCUT2D eigenvalue weighted by atomic mass is 32.1. The van der Waals surface area contributed by atoms with E-state index in [4.69, 9.17) is 0 Å². The van der Waals surface area contributed by atoms with Gasteiger partial charge in [-0.15, -0.1) is 11.3 Å². The Labute approximate surface area is 516 Å². The van der Waals surface area contributed by atoms with Crippen LogP contribution in [0.1, 0.15) is 35.6 Å². The van der Waals surface area contributed by atoms with Crippen LogP contribution in [0.25, 0.3) is 148 Å². The van der Waals surface area contributed by atoms with Gasteiger partial charge in [0.1, 0.15) is 0 Å². The van der Waals surface area contributed by atoms with Crippen molar-refractivity contribution in [1.29, 1.82) is 0 Å². The van der Waals surface area contributed by atoms with Gasteiger partial charge < -0.3 is 9.13 Å². The summed E-state index contributed by atoms with van der Waals surface area (Å²) in [5.74, 6) is 0.287. The van der Waals surface area contributed by atoms with Crippen molar-refractivity contribution in [2.75, 3.05) is 0 Å². The lowest BCUT2D eigenvalue weighted by molar-refractivity contribution is 0.672. The summed E-state index contributed by atoms with van der Waals surface area (Å²) in [4.78, 5) is 0. The zero-order valence-corrected chi connectivity index (χ0v) is 49.4. The Morgan fingerprint density at radius 1 is 0.295 bits per heavy atom. The average molecular weight is 1140 g/mol. The molecular weight excluding hydrogens is 1080 g/mol. The molecule has 88 heavy (non-hydrogen) atoms. The maximum Gasteiger partial charge on any atom is 0.0541 e. The van der Waals surface area contributed by atoms with Crippen molar-refractivity contribution in [2.24, 2.45) is 0 Å². The molecule has 3 heteroatoms. The van der Waals surface area contributed by atoms with Crippen LogP contribution in [-0.2, 0) is 0 Å². The number of allylic oxidation sites excluding steroid dienone is 1. The lowest BCUT2D eigenvalue weighted by Crippen LogP contribution is -2.12. The zero-order chi connectivity index (χ0) is 58.2. The van der Waals surface area contributed by atoms with Crippen molar-refractivity contribution >= 4 is 70.3 Å². The van der Waals surface area contributed by atoms with Gasteiger partial charge in [-0.2, -0.15) is 0 Å². The highest BCUT2D eigenvalue weighted by Crippen LogP contribution is 2.50. The average Bonchev–Trinajstić information content (AvgIpc) is 1.69. The molecule has 2 nitrogen and oxygen atoms in total. The minimum atomic E-state index is 0.122. The summed E-state index contributed by atoms with van der Waals surface area (Å²) >= 11 is 1.91. The van der Waals surface area contributed by atoms with Crippen LogP contribution in [0, 0.1) is 0 Å². The van der Waals surface area contributed by atoms with E-state index in [0.29, 0.717) is 0 Å². The summed E-state index contributed by atoms with van der Waals surface area (Å²) in [5.41, 5.74) is 26.9. The molecule has 0 fully saturated rings. The Bertz CT molecular complexity index is 5410. The molecule has 3 aromatic heterocycles. The predicted molar refractivity (Wildman–Crippen MR) is 375 cm³/mol. The number of fused-ring (bicyclic) bond motifs is 9. The quantitative estimate of drug-likeness (QED) is 0.129. The summed E-state index contributed by atoms with van der Waals surface area (Å²) in [6.07, 6.45) is 4.90. The lowest BCUT2D eigenvalue weighted by atomic mass is 9.77. The second-order valence-electron chi connectivity index (χ2n) is 23.6. The fraction of sp³-hybridized carbons (Fsp3) is 0.0353. The Morgan fingerprint density at radius 2 is 0.716 bits per heavy atom. The van der Waals surface area contributed by atoms with Gasteiger partial charge in [-0.25, -0.2) is 0 Å². The molecule has 0 bridgehead atoms. The molecule has 0 amide bonds. The fourth-order valence-corrected chi connectivity index (χ4v) is 15.4. The largest absolute Gasteiger partial charge is 0.310 e. The van der Waals surface area contributed by atoms with Crippen LogP contribution in [0.4, 0.5) is 0 Å². The lowest BCUT2D eigenvalue weighted by Gasteiger charge is -2.27. The number of aromatic nitrogens is 2. The number of rotatable bonds is 10. The summed E-state index contributed by atoms with van der Waals surface area (Å²) in [6, 6.07) is 114. The van der Waals surface area contributed by atoms with Crippen LogP contribution < -0.4 is 0 Å². The van der Waals surface area contributed by atoms with Crippen LogP contribution in [-0.4, -0.2) is 9.13 Å². The third-order valence-electron chi connectivity index (χ3n) is 18.5. The standard InChI is InChI=1S/C85H58N2S/c1-55-72(42-45-82-84(55)78-52-67(41-44-81(78)87(82)71-34-9-4-10-35-71)66-40-43-80-76(51-66)73-36-11-13-38-79(73)86(80)70-32-7-3-8-33-70)69-53-75(85-77(54-69)74-37-12-14-39-83(74)88-85)68-31-19-30-65(50-68)64-29-18-28-63(49-64)62-27-17-26-61(48-62)60-25-16-24-59(47-60)58-23-15-22-57(46-58)56-20-5-2-6-21-56/h2-55,72H,1H3. The first-order chi connectivity index (χ1) is 43.5. The number of thiophene rings is 1. The van der Waals surface area contributed by atoms with E-state index in [2.05, 4.69) is 338 Å². The minimum absolute atomic E-state index is 0.122. The summed E-state index contributed by atoms with van der Waals surface area (Å²) in [6.45, 7) is 2.46. The molecule has 1 aliphatic carbocycles. The van der Waals surface area contributed by atoms with E-state index in [-0.39, 0.29) is 11.8 Å². The molecule has 0 aliphatic heterocycles. The number of nitrogens with zero attached hydrogens (tertiary/aromatic N) is 2. The first-order valence-corrected chi connectivity index (χ1v) is 31.4. The Balaban J connectivity index is 0.735. The topological polar surface area (TPSA) is 9.86 Å². The third-order valence-corrected chi connectivity index (χ3v) is 19.7. The monoisotopic (exact) mass is 1140 g/mol. The molecular formula is C85H58N2S. The molecule has 17 rings (SSSR count). The van der Waals surface area contributed by atoms with Gasteiger partial charge in [0.25, 0.3) is 0 Å². The number of benzene rings is 13. The normalized spacial score (nSPS) is 13.9. The van der Waals surface area contributed by atoms with Crippen LogP contribution in [0.15, 0.2) is 315 Å². The molecule has 0 N–H and O–H groups in total. The molecule has 0 saturated carbocycles. The molecule has 1 aliphatic rings. The van der Waals surface area contributed by atoms with Gasteiger partial charge in [0.05, 0.1) is 22.2 Å². The maximum absolute atomic E-state index is 2.52. The smallest absolute Gasteiger partial charge is 0.0541 e. The number of hydrogen-bond acceptors (Lipinski definition) is 1. The number of hydrogen-bond donors (Lipinski definition) is 0. The molecule has 3 heterocycles. The van der Waals surface area contributed by atoms with Crippen molar-refractivity contribution in [3.63, 3.8) is 0 Å². The van der Waals surface area contributed by atoms with E-state index >= 15 is 0 Å². The second-order valence-corrected chi connectivity index (χ2v) is 24.7. The van der Waals surface area contributed by atoms with E-state index in [0.717, 1.165) is 0 Å². The first-order valence-electron chi connectivity index (χ1n) is 30.6. The van der Waals surface area contributed by atoms with Gasteiger partial charge in [0.15, 0.2) is 0 Å². The Kier molecular flexibility index (Phi) is 12.5. The first kappa shape index (κ1) is 51.6. The predicted octanol–water partition coefficient (Wildman–Crippen LogP) is 23.7. The van der Waals surface area contributed by atoms with Gasteiger partial charge >= 0.3 is 0 Å². The van der Waals surface area contributed by atoms with Gasteiger partial charge in [0, 0.05) is 53.6 Å². The molecule has 2 atom stereocenters. The van der Waals surface area contributed by atoms with Crippen LogP contribution in [0.3, 0.4) is 0 Å². The third kappa shape index (κ3) is 8.85. The van der Waals surface area contributed by atoms with Gasteiger partial charge in [0.2, 0.25) is 0 Å². The van der Waals surface area contributed by atoms with Gasteiger partial charge in [-0.05, 0) is 204 Å². The number of para-hydroxylation sites is 3. The Hall–Kier alpha value is -10.8. The van der Waals surface area contributed by atoms with E-state index in [1.54, 1.807) is 0 Å². The van der Waals surface area contributed by atoms with Crippen molar-refractivity contribution < 1.29 is 0 Å². The summed E-state index contributed by atoms with van der Waals surface area (Å²) in [5, 5.41) is 6.43. The summed E-state index contributed by atoms with van der Waals surface area (Å²) < 4.78 is 7.51. The van der Waals surface area contributed by atoms with Crippen LogP contribution >= 0.6 is 11.3 Å². The van der Waals surface area contributed by atoms with Crippen molar-refractivity contribution in [3.05, 3.63) is 332 Å². The maximum atomic E-state index is 2.52. The molecule has 0 saturated heterocycles. The van der Waals surface area contributed by atoms with Crippen molar-refractivity contribution in [1.82, 2.24) is 9.13 Å². The molecule has 0 radical (unpaired) electrons. The van der Waals surface area contributed by atoms with E-state index in [1.165, 1.54) is 159 Å². The Morgan fingerprint density at radius 3 is 1.30 bits per heavy atom. The summed E-state index contributed by atoms with van der Waals surface area (Å²) in [7, 11) is 0. The highest BCUT2D eigenvalue weighted by molar-refractivity contribution is 7.26. The molecule has 414 valence electrons. The fourth-order valence-electron chi connectivity index (χ4n) is 14.2. The van der Waals surface area contributed by atoms with Gasteiger partial charge in [-0.1, -0.05) is 219 Å². The van der Waals surface area contributed by atoms with Gasteiger partial charge in [-0.3, -0.25) is 0 Å². The SMILES string of the molecule is CC1c2c(n(-c3ccccc3)c3ccc(-c4ccc5c(c4)c4ccccc4n5-c4ccccc4)cc23)C=CC1c1cc(-c2cccc(-c3cccc(-c4cccc(-c5cccc(-c6cccc(-c7ccccc7)c6)c5)c4)c3)c2)c2sc3ccccc3c2c1. The molecule has 0 spiro atoms. The second kappa shape index (κ2) is 21.3. The van der Waals surface area contributed by atoms with Crippen LogP contribution in [0.5, 0.6) is 0 Å². The molecule has 16 aromatic rings. The van der Waals surface area contributed by atoms with Crippen molar-refractivity contribution in [2.45, 2.75) is 18.8 Å². The molecule has 2 unspecified atom stereocenters. The minimum Gasteiger partial charge on any atom is -0.310 e. The zero-order valence-electron chi connectivity index (χ0n) is 48.6. The highest BCUT2D eigenvalue weighted by Gasteiger charge is 2.31. The molecule has 13 aromatic carbocycles. The van der Waals surface area contributed by atoms with Crippen LogP contribution in [0.2, 0.25) is 0 Å². The van der Waals surface area contributed by atoms with Crippen molar-refractivity contribution in [3.8, 4) is 89.3 Å². The van der Waals surface area contributed by atoms with E-state index in [9.17, 15) is 0 Å². The van der Waals surface area contributed by atoms with E-state index in [1.807, 2.05) is 11.3 Å². The van der Waals surface area contributed by atoms with E-state index < -0.39 is 0 Å².